The van der Waals surface area contributed by atoms with E-state index in [0.29, 0.717) is 5.56 Å². The highest BCUT2D eigenvalue weighted by molar-refractivity contribution is 5.89. The summed E-state index contributed by atoms with van der Waals surface area (Å²) in [5, 5.41) is 8.99. The molecular formula is C18H20O2. The summed E-state index contributed by atoms with van der Waals surface area (Å²) in [5.74, 6) is -0.880. The number of aromatic carboxylic acids is 1. The van der Waals surface area contributed by atoms with Gasteiger partial charge in [0, 0.05) is 0 Å². The van der Waals surface area contributed by atoms with Crippen molar-refractivity contribution in [1.82, 2.24) is 0 Å². The predicted octanol–water partition coefficient (Wildman–Crippen LogP) is 4.70. The Morgan fingerprint density at radius 3 is 2.35 bits per heavy atom. The lowest BCUT2D eigenvalue weighted by Gasteiger charge is -2.08. The molecule has 0 saturated carbocycles. The monoisotopic (exact) mass is 268 g/mol. The van der Waals surface area contributed by atoms with Crippen LogP contribution < -0.4 is 0 Å². The second-order valence-electron chi connectivity index (χ2n) is 5.14. The lowest BCUT2D eigenvalue weighted by atomic mass is 9.97. The maximum atomic E-state index is 10.9. The number of unbranched alkanes of at least 4 members (excludes halogenated alkanes) is 1. The van der Waals surface area contributed by atoms with Gasteiger partial charge in [-0.05, 0) is 54.2 Å². The van der Waals surface area contributed by atoms with Gasteiger partial charge in [0.1, 0.15) is 0 Å². The molecule has 0 aromatic heterocycles. The van der Waals surface area contributed by atoms with Crippen molar-refractivity contribution >= 4 is 5.97 Å². The van der Waals surface area contributed by atoms with Crippen LogP contribution in [0.1, 0.15) is 41.3 Å². The molecule has 2 aromatic rings. The molecule has 0 saturated heterocycles. The zero-order valence-corrected chi connectivity index (χ0v) is 12.0. The van der Waals surface area contributed by atoms with Gasteiger partial charge in [0.25, 0.3) is 0 Å². The number of carboxylic acid groups (broad SMARTS) is 1. The molecule has 20 heavy (non-hydrogen) atoms. The molecule has 2 aromatic carbocycles. The number of hydrogen-bond donors (Lipinski definition) is 1. The van der Waals surface area contributed by atoms with Crippen molar-refractivity contribution in [1.29, 1.82) is 0 Å². The van der Waals surface area contributed by atoms with Crippen molar-refractivity contribution in [3.8, 4) is 11.1 Å². The fraction of sp³-hybridized carbons (Fsp3) is 0.278. The van der Waals surface area contributed by atoms with Crippen LogP contribution in [0.4, 0.5) is 0 Å². The second kappa shape index (κ2) is 6.38. The van der Waals surface area contributed by atoms with Gasteiger partial charge in [0.05, 0.1) is 5.56 Å². The van der Waals surface area contributed by atoms with E-state index >= 15 is 0 Å². The van der Waals surface area contributed by atoms with E-state index in [1.807, 2.05) is 13.0 Å². The van der Waals surface area contributed by atoms with Crippen LogP contribution in [-0.4, -0.2) is 11.1 Å². The largest absolute Gasteiger partial charge is 0.478 e. The number of rotatable bonds is 5. The number of hydrogen-bond acceptors (Lipinski definition) is 1. The summed E-state index contributed by atoms with van der Waals surface area (Å²) in [6, 6.07) is 13.8. The van der Waals surface area contributed by atoms with Gasteiger partial charge in [0.15, 0.2) is 0 Å². The van der Waals surface area contributed by atoms with Crippen molar-refractivity contribution < 1.29 is 9.90 Å². The molecule has 0 radical (unpaired) electrons. The minimum absolute atomic E-state index is 0.339. The molecule has 0 amide bonds. The Labute approximate surface area is 120 Å². The second-order valence-corrected chi connectivity index (χ2v) is 5.14. The van der Waals surface area contributed by atoms with Crippen LogP contribution in [0.5, 0.6) is 0 Å². The summed E-state index contributed by atoms with van der Waals surface area (Å²) in [6.07, 6.45) is 3.54. The van der Waals surface area contributed by atoms with E-state index in [1.54, 1.807) is 12.1 Å². The molecule has 0 spiro atoms. The average molecular weight is 268 g/mol. The predicted molar refractivity (Wildman–Crippen MR) is 82.2 cm³/mol. The Bertz CT molecular complexity index is 597. The first-order valence-electron chi connectivity index (χ1n) is 7.05. The first-order chi connectivity index (χ1) is 9.61. The highest BCUT2D eigenvalue weighted by atomic mass is 16.4. The van der Waals surface area contributed by atoms with Crippen LogP contribution in [0.15, 0.2) is 42.5 Å². The van der Waals surface area contributed by atoms with E-state index in [1.165, 1.54) is 18.4 Å². The highest BCUT2D eigenvalue weighted by Crippen LogP contribution is 2.25. The topological polar surface area (TPSA) is 37.3 Å². The molecule has 0 unspecified atom stereocenters. The number of aryl methyl sites for hydroxylation is 2. The van der Waals surface area contributed by atoms with Crippen LogP contribution in [0.25, 0.3) is 11.1 Å². The molecule has 2 heteroatoms. The van der Waals surface area contributed by atoms with Crippen molar-refractivity contribution in [3.63, 3.8) is 0 Å². The van der Waals surface area contributed by atoms with E-state index in [2.05, 4.69) is 31.2 Å². The van der Waals surface area contributed by atoms with Gasteiger partial charge in [-0.3, -0.25) is 0 Å². The van der Waals surface area contributed by atoms with E-state index in [-0.39, 0.29) is 0 Å². The molecule has 0 heterocycles. The zero-order chi connectivity index (χ0) is 14.5. The average Bonchev–Trinajstić information content (AvgIpc) is 2.45. The minimum Gasteiger partial charge on any atom is -0.478 e. The van der Waals surface area contributed by atoms with E-state index in [0.717, 1.165) is 23.1 Å². The smallest absolute Gasteiger partial charge is 0.335 e. The van der Waals surface area contributed by atoms with Crippen molar-refractivity contribution in [2.24, 2.45) is 0 Å². The van der Waals surface area contributed by atoms with Crippen LogP contribution in [0.2, 0.25) is 0 Å². The van der Waals surface area contributed by atoms with Crippen molar-refractivity contribution in [2.75, 3.05) is 0 Å². The van der Waals surface area contributed by atoms with Crippen LogP contribution in [-0.2, 0) is 6.42 Å². The molecule has 1 N–H and O–H groups in total. The third-order valence-electron chi connectivity index (χ3n) is 3.56. The Morgan fingerprint density at radius 1 is 1.10 bits per heavy atom. The summed E-state index contributed by atoms with van der Waals surface area (Å²) in [6.45, 7) is 4.15. The first kappa shape index (κ1) is 14.3. The maximum absolute atomic E-state index is 10.9. The summed E-state index contributed by atoms with van der Waals surface area (Å²) in [7, 11) is 0. The van der Waals surface area contributed by atoms with Crippen LogP contribution >= 0.6 is 0 Å². The van der Waals surface area contributed by atoms with Gasteiger partial charge in [-0.15, -0.1) is 0 Å². The summed E-state index contributed by atoms with van der Waals surface area (Å²) in [4.78, 5) is 10.9. The maximum Gasteiger partial charge on any atom is 0.335 e. The SMILES string of the molecule is CCCCc1ccc(-c2ccc(C(=O)O)cc2C)cc1. The molecule has 2 nitrogen and oxygen atoms in total. The van der Waals surface area contributed by atoms with Crippen LogP contribution in [0.3, 0.4) is 0 Å². The number of benzene rings is 2. The zero-order valence-electron chi connectivity index (χ0n) is 12.0. The Kier molecular flexibility index (Phi) is 4.57. The summed E-state index contributed by atoms with van der Waals surface area (Å²) >= 11 is 0. The lowest BCUT2D eigenvalue weighted by molar-refractivity contribution is 0.0697. The van der Waals surface area contributed by atoms with Gasteiger partial charge in [-0.1, -0.05) is 43.7 Å². The Balaban J connectivity index is 2.25. The molecule has 2 rings (SSSR count). The van der Waals surface area contributed by atoms with Gasteiger partial charge >= 0.3 is 5.97 Å². The quantitative estimate of drug-likeness (QED) is 0.853. The van der Waals surface area contributed by atoms with Gasteiger partial charge in [-0.25, -0.2) is 4.79 Å². The van der Waals surface area contributed by atoms with Gasteiger partial charge in [0.2, 0.25) is 0 Å². The van der Waals surface area contributed by atoms with Gasteiger partial charge in [-0.2, -0.15) is 0 Å². The van der Waals surface area contributed by atoms with Crippen molar-refractivity contribution in [3.05, 3.63) is 59.2 Å². The van der Waals surface area contributed by atoms with Crippen LogP contribution in [0, 0.1) is 6.92 Å². The summed E-state index contributed by atoms with van der Waals surface area (Å²) < 4.78 is 0. The standard InChI is InChI=1S/C18H20O2/c1-3-4-5-14-6-8-15(9-7-14)17-11-10-16(18(19)20)12-13(17)2/h6-12H,3-5H2,1-2H3,(H,19,20). The molecule has 0 bridgehead atoms. The van der Waals surface area contributed by atoms with Crippen molar-refractivity contribution in [2.45, 2.75) is 33.1 Å². The number of carbonyl (C=O) groups is 1. The van der Waals surface area contributed by atoms with E-state index in [4.69, 9.17) is 5.11 Å². The molecule has 0 aliphatic carbocycles. The number of carboxylic acids is 1. The molecule has 0 fully saturated rings. The molecule has 0 aliphatic heterocycles. The molecular weight excluding hydrogens is 248 g/mol. The minimum atomic E-state index is -0.880. The summed E-state index contributed by atoms with van der Waals surface area (Å²) in [5.41, 5.74) is 4.92. The highest BCUT2D eigenvalue weighted by Gasteiger charge is 2.07. The first-order valence-corrected chi connectivity index (χ1v) is 7.05. The molecule has 104 valence electrons. The molecule has 0 atom stereocenters. The normalized spacial score (nSPS) is 10.5. The van der Waals surface area contributed by atoms with Gasteiger partial charge < -0.3 is 5.11 Å². The van der Waals surface area contributed by atoms with E-state index in [9.17, 15) is 4.79 Å². The lowest BCUT2D eigenvalue weighted by Crippen LogP contribution is -1.97. The van der Waals surface area contributed by atoms with E-state index < -0.39 is 5.97 Å². The fourth-order valence-corrected chi connectivity index (χ4v) is 2.35. The third-order valence-corrected chi connectivity index (χ3v) is 3.56. The fourth-order valence-electron chi connectivity index (χ4n) is 2.35. The Morgan fingerprint density at radius 2 is 1.80 bits per heavy atom. The molecule has 0 aliphatic rings. The Hall–Kier alpha value is -2.09. The third kappa shape index (κ3) is 3.27.